The molecule has 1 aromatic carbocycles. The molecular formula is C24H27N3OS. The van der Waals surface area contributed by atoms with Crippen molar-refractivity contribution in [2.24, 2.45) is 0 Å². The number of aromatic nitrogens is 1. The number of ether oxygens (including phenoxy) is 1. The average Bonchev–Trinajstić information content (AvgIpc) is 3.42. The Morgan fingerprint density at radius 1 is 1.03 bits per heavy atom. The van der Waals surface area contributed by atoms with Gasteiger partial charge >= 0.3 is 0 Å². The van der Waals surface area contributed by atoms with Crippen molar-refractivity contribution in [1.82, 2.24) is 14.8 Å². The highest BCUT2D eigenvalue weighted by Gasteiger charge is 2.47. The third-order valence-electron chi connectivity index (χ3n) is 6.23. The third-order valence-corrected chi connectivity index (χ3v) is 7.09. The summed E-state index contributed by atoms with van der Waals surface area (Å²) >= 11 is 1.85. The number of nitrogens with zero attached hydrogens (tertiary/aromatic N) is 3. The van der Waals surface area contributed by atoms with Gasteiger partial charge in [-0.2, -0.15) is 0 Å². The molecule has 5 heteroatoms. The summed E-state index contributed by atoms with van der Waals surface area (Å²) in [5.74, 6) is 0. The van der Waals surface area contributed by atoms with Crippen molar-refractivity contribution >= 4 is 11.3 Å². The quantitative estimate of drug-likeness (QED) is 0.631. The van der Waals surface area contributed by atoms with Crippen molar-refractivity contribution in [3.05, 3.63) is 88.4 Å². The summed E-state index contributed by atoms with van der Waals surface area (Å²) in [6.45, 7) is 5.78. The molecule has 2 fully saturated rings. The number of hydrogen-bond acceptors (Lipinski definition) is 5. The van der Waals surface area contributed by atoms with Crippen LogP contribution in [0, 0.1) is 0 Å². The first-order valence-electron chi connectivity index (χ1n) is 10.4. The molecule has 2 saturated heterocycles. The van der Waals surface area contributed by atoms with E-state index in [4.69, 9.17) is 4.74 Å². The first-order valence-corrected chi connectivity index (χ1v) is 11.2. The van der Waals surface area contributed by atoms with Crippen molar-refractivity contribution in [1.29, 1.82) is 0 Å². The summed E-state index contributed by atoms with van der Waals surface area (Å²) in [6.07, 6.45) is 3.17. The van der Waals surface area contributed by atoms with E-state index in [1.807, 2.05) is 23.6 Å². The number of benzene rings is 1. The zero-order valence-corrected chi connectivity index (χ0v) is 17.4. The zero-order valence-electron chi connectivity index (χ0n) is 16.6. The fraction of sp³-hybridized carbons (Fsp3) is 0.375. The molecule has 150 valence electrons. The Hall–Kier alpha value is -2.05. The Labute approximate surface area is 176 Å². The first-order chi connectivity index (χ1) is 14.3. The van der Waals surface area contributed by atoms with Crippen LogP contribution in [0.2, 0.25) is 0 Å². The number of pyridine rings is 1. The molecular weight excluding hydrogens is 378 g/mol. The number of rotatable bonds is 5. The predicted molar refractivity (Wildman–Crippen MR) is 117 cm³/mol. The van der Waals surface area contributed by atoms with E-state index in [1.54, 1.807) is 0 Å². The maximum atomic E-state index is 6.47. The first kappa shape index (κ1) is 18.9. The molecule has 5 rings (SSSR count). The summed E-state index contributed by atoms with van der Waals surface area (Å²) in [5.41, 5.74) is 2.47. The molecule has 4 nitrogen and oxygen atoms in total. The summed E-state index contributed by atoms with van der Waals surface area (Å²) in [4.78, 5) is 11.3. The highest BCUT2D eigenvalue weighted by molar-refractivity contribution is 7.09. The number of hydrogen-bond donors (Lipinski definition) is 0. The van der Waals surface area contributed by atoms with Crippen LogP contribution in [0.4, 0.5) is 0 Å². The zero-order chi connectivity index (χ0) is 19.5. The van der Waals surface area contributed by atoms with Gasteiger partial charge < -0.3 is 4.74 Å². The van der Waals surface area contributed by atoms with Gasteiger partial charge in [-0.15, -0.1) is 11.3 Å². The molecule has 2 aliphatic heterocycles. The lowest BCUT2D eigenvalue weighted by Crippen LogP contribution is -2.58. The van der Waals surface area contributed by atoms with Gasteiger partial charge in [-0.3, -0.25) is 14.8 Å². The topological polar surface area (TPSA) is 28.6 Å². The molecule has 29 heavy (non-hydrogen) atoms. The van der Waals surface area contributed by atoms with E-state index in [0.717, 1.165) is 51.4 Å². The summed E-state index contributed by atoms with van der Waals surface area (Å²) in [7, 11) is 0. The van der Waals surface area contributed by atoms with Gasteiger partial charge in [-0.1, -0.05) is 42.5 Å². The highest BCUT2D eigenvalue weighted by atomic mass is 32.1. The second-order valence-electron chi connectivity index (χ2n) is 8.18. The minimum absolute atomic E-state index is 0.0695. The van der Waals surface area contributed by atoms with Crippen LogP contribution in [0.1, 0.15) is 28.7 Å². The lowest BCUT2D eigenvalue weighted by atomic mass is 9.92. The van der Waals surface area contributed by atoms with Crippen molar-refractivity contribution in [2.45, 2.75) is 31.2 Å². The fourth-order valence-electron chi connectivity index (χ4n) is 4.66. The SMILES string of the molecule is c1ccc([C@H]2CN(Cc3ccccn3)[C@@]3(CCN(Cc4cccs4)C3)CO2)cc1. The van der Waals surface area contributed by atoms with E-state index in [2.05, 4.69) is 74.8 Å². The minimum atomic E-state index is 0.0695. The molecule has 4 heterocycles. The number of thiophene rings is 1. The normalized spacial score (nSPS) is 25.6. The van der Waals surface area contributed by atoms with Crippen LogP contribution in [0.25, 0.3) is 0 Å². The van der Waals surface area contributed by atoms with Crippen molar-refractivity contribution in [3.8, 4) is 0 Å². The molecule has 0 aliphatic carbocycles. The van der Waals surface area contributed by atoms with E-state index in [9.17, 15) is 0 Å². The van der Waals surface area contributed by atoms with Crippen LogP contribution in [0.15, 0.2) is 72.2 Å². The average molecular weight is 406 g/mol. The third kappa shape index (κ3) is 4.14. The molecule has 0 saturated carbocycles. The second-order valence-corrected chi connectivity index (χ2v) is 9.21. The molecule has 0 N–H and O–H groups in total. The molecule has 0 radical (unpaired) electrons. The lowest BCUT2D eigenvalue weighted by Gasteiger charge is -2.47. The second kappa shape index (κ2) is 8.36. The van der Waals surface area contributed by atoms with Crippen LogP contribution in [-0.2, 0) is 17.8 Å². The molecule has 3 aromatic rings. The highest BCUT2D eigenvalue weighted by Crippen LogP contribution is 2.38. The Morgan fingerprint density at radius 3 is 2.72 bits per heavy atom. The van der Waals surface area contributed by atoms with Gasteiger partial charge in [-0.05, 0) is 35.6 Å². The maximum Gasteiger partial charge on any atom is 0.0953 e. The number of likely N-dealkylation sites (tertiary alicyclic amines) is 1. The van der Waals surface area contributed by atoms with Crippen molar-refractivity contribution < 1.29 is 4.74 Å². The van der Waals surface area contributed by atoms with Gasteiger partial charge in [0.15, 0.2) is 0 Å². The van der Waals surface area contributed by atoms with Crippen LogP contribution < -0.4 is 0 Å². The van der Waals surface area contributed by atoms with Gasteiger partial charge in [0, 0.05) is 43.8 Å². The fourth-order valence-corrected chi connectivity index (χ4v) is 5.40. The Bertz CT molecular complexity index is 902. The molecule has 1 spiro atoms. The smallest absolute Gasteiger partial charge is 0.0953 e. The van der Waals surface area contributed by atoms with E-state index >= 15 is 0 Å². The maximum absolute atomic E-state index is 6.47. The Kier molecular flexibility index (Phi) is 5.46. The predicted octanol–water partition coefficient (Wildman–Crippen LogP) is 4.36. The van der Waals surface area contributed by atoms with Gasteiger partial charge in [0.25, 0.3) is 0 Å². The minimum Gasteiger partial charge on any atom is -0.370 e. The largest absolute Gasteiger partial charge is 0.370 e. The molecule has 0 unspecified atom stereocenters. The van der Waals surface area contributed by atoms with Crippen molar-refractivity contribution in [3.63, 3.8) is 0 Å². The Morgan fingerprint density at radius 2 is 1.93 bits per heavy atom. The van der Waals surface area contributed by atoms with Crippen LogP contribution in [-0.4, -0.2) is 46.6 Å². The van der Waals surface area contributed by atoms with Crippen LogP contribution in [0.5, 0.6) is 0 Å². The molecule has 0 bridgehead atoms. The summed E-state index contributed by atoms with van der Waals surface area (Å²) in [6, 6.07) is 21.2. The van der Waals surface area contributed by atoms with Gasteiger partial charge in [-0.25, -0.2) is 0 Å². The van der Waals surface area contributed by atoms with E-state index < -0.39 is 0 Å². The van der Waals surface area contributed by atoms with Crippen molar-refractivity contribution in [2.75, 3.05) is 26.2 Å². The monoisotopic (exact) mass is 405 g/mol. The standard InChI is InChI=1S/C24H27N3OS/c1-2-7-20(8-3-1)23-17-27(15-21-9-4-5-12-25-21)24(19-28-23)11-13-26(18-24)16-22-10-6-14-29-22/h1-10,12,14,23H,11,13,15-19H2/t23-,24-/m1/s1. The molecule has 2 atom stereocenters. The summed E-state index contributed by atoms with van der Waals surface area (Å²) in [5, 5.41) is 2.17. The molecule has 2 aliphatic rings. The van der Waals surface area contributed by atoms with Gasteiger partial charge in [0.1, 0.15) is 0 Å². The number of morpholine rings is 1. The van der Waals surface area contributed by atoms with Gasteiger partial charge in [0.2, 0.25) is 0 Å². The molecule has 2 aromatic heterocycles. The van der Waals surface area contributed by atoms with E-state index in [-0.39, 0.29) is 11.6 Å². The Balaban J connectivity index is 1.36. The van der Waals surface area contributed by atoms with Gasteiger partial charge in [0.05, 0.1) is 23.9 Å². The van der Waals surface area contributed by atoms with E-state index in [0.29, 0.717) is 0 Å². The van der Waals surface area contributed by atoms with Crippen LogP contribution >= 0.6 is 11.3 Å². The molecule has 0 amide bonds. The van der Waals surface area contributed by atoms with E-state index in [1.165, 1.54) is 10.4 Å². The van der Waals surface area contributed by atoms with Crippen LogP contribution in [0.3, 0.4) is 0 Å². The summed E-state index contributed by atoms with van der Waals surface area (Å²) < 4.78 is 6.47. The lowest BCUT2D eigenvalue weighted by molar-refractivity contribution is -0.114.